The van der Waals surface area contributed by atoms with Crippen molar-refractivity contribution in [2.45, 2.75) is 6.54 Å². The minimum Gasteiger partial charge on any atom is -0.369 e. The summed E-state index contributed by atoms with van der Waals surface area (Å²) in [5.41, 5.74) is 1.98. The number of hydrogen-bond donors (Lipinski definition) is 0. The normalized spacial score (nSPS) is 18.8. The Kier molecular flexibility index (Phi) is 6.42. The monoisotopic (exact) mass is 396 g/mol. The molecule has 29 heavy (non-hydrogen) atoms. The van der Waals surface area contributed by atoms with Crippen LogP contribution in [0.5, 0.6) is 0 Å². The molecule has 0 spiro atoms. The Bertz CT molecular complexity index is 800. The lowest BCUT2D eigenvalue weighted by Crippen LogP contribution is -2.53. The molecule has 4 rings (SSSR count). The summed E-state index contributed by atoms with van der Waals surface area (Å²) in [4.78, 5) is 21.5. The van der Waals surface area contributed by atoms with Crippen molar-refractivity contribution >= 4 is 11.6 Å². The van der Waals surface area contributed by atoms with Gasteiger partial charge in [-0.3, -0.25) is 14.6 Å². The number of carbonyl (C=O) groups excluding carboxylic acids is 1. The predicted octanol–water partition coefficient (Wildman–Crippen LogP) is 2.29. The van der Waals surface area contributed by atoms with Gasteiger partial charge in [0.25, 0.3) is 0 Å². The summed E-state index contributed by atoms with van der Waals surface area (Å²) >= 11 is 0. The lowest BCUT2D eigenvalue weighted by atomic mass is 10.2. The van der Waals surface area contributed by atoms with Crippen LogP contribution in [0.4, 0.5) is 10.1 Å². The molecule has 2 heterocycles. The summed E-state index contributed by atoms with van der Waals surface area (Å²) in [6.45, 7) is 7.85. The third-order valence-electron chi connectivity index (χ3n) is 5.93. The molecular formula is C23H29FN4O. The second-order valence-corrected chi connectivity index (χ2v) is 7.85. The van der Waals surface area contributed by atoms with Gasteiger partial charge < -0.3 is 9.80 Å². The van der Waals surface area contributed by atoms with Gasteiger partial charge in [-0.1, -0.05) is 36.4 Å². The van der Waals surface area contributed by atoms with E-state index in [4.69, 9.17) is 0 Å². The van der Waals surface area contributed by atoms with Crippen LogP contribution in [0.15, 0.2) is 54.6 Å². The SMILES string of the molecule is O=C(CN1CCN(c2ccccc2)CC1)N1CCN(Cc2ccccc2F)CC1. The van der Waals surface area contributed by atoms with E-state index in [0.29, 0.717) is 13.1 Å². The molecule has 2 fully saturated rings. The second-order valence-electron chi connectivity index (χ2n) is 7.85. The number of piperazine rings is 2. The number of anilines is 1. The van der Waals surface area contributed by atoms with Crippen molar-refractivity contribution in [3.05, 3.63) is 66.0 Å². The average molecular weight is 397 g/mol. The molecule has 0 atom stereocenters. The van der Waals surface area contributed by atoms with E-state index < -0.39 is 0 Å². The fourth-order valence-electron chi connectivity index (χ4n) is 4.12. The number of rotatable bonds is 5. The lowest BCUT2D eigenvalue weighted by molar-refractivity contribution is -0.134. The van der Waals surface area contributed by atoms with E-state index in [2.05, 4.69) is 39.0 Å². The van der Waals surface area contributed by atoms with Gasteiger partial charge in [-0.2, -0.15) is 0 Å². The molecule has 2 aromatic rings. The standard InChI is InChI=1S/C23H29FN4O/c24-22-9-5-4-6-20(22)18-25-12-16-28(17-13-25)23(29)19-26-10-14-27(15-11-26)21-7-2-1-3-8-21/h1-9H,10-19H2. The van der Waals surface area contributed by atoms with Crippen molar-refractivity contribution < 1.29 is 9.18 Å². The second kappa shape index (κ2) is 9.37. The lowest BCUT2D eigenvalue weighted by Gasteiger charge is -2.38. The Labute approximate surface area is 172 Å². The highest BCUT2D eigenvalue weighted by atomic mass is 19.1. The molecular weight excluding hydrogens is 367 g/mol. The largest absolute Gasteiger partial charge is 0.369 e. The first-order valence-electron chi connectivity index (χ1n) is 10.4. The molecule has 0 N–H and O–H groups in total. The van der Waals surface area contributed by atoms with Crippen LogP contribution in [0.2, 0.25) is 0 Å². The Hall–Kier alpha value is -2.44. The third kappa shape index (κ3) is 5.14. The highest BCUT2D eigenvalue weighted by molar-refractivity contribution is 5.78. The van der Waals surface area contributed by atoms with Gasteiger partial charge in [-0.05, 0) is 18.2 Å². The van der Waals surface area contributed by atoms with Gasteiger partial charge in [0.1, 0.15) is 5.82 Å². The van der Waals surface area contributed by atoms with Gasteiger partial charge in [0, 0.05) is 70.2 Å². The number of para-hydroxylation sites is 1. The van der Waals surface area contributed by atoms with E-state index in [-0.39, 0.29) is 11.7 Å². The summed E-state index contributed by atoms with van der Waals surface area (Å²) < 4.78 is 13.8. The quantitative estimate of drug-likeness (QED) is 0.776. The number of amides is 1. The molecule has 0 aliphatic carbocycles. The van der Waals surface area contributed by atoms with Crippen LogP contribution < -0.4 is 4.90 Å². The summed E-state index contributed by atoms with van der Waals surface area (Å²) in [6, 6.07) is 17.4. The van der Waals surface area contributed by atoms with Gasteiger partial charge in [0.15, 0.2) is 0 Å². The first kappa shape index (κ1) is 19.9. The van der Waals surface area contributed by atoms with Crippen molar-refractivity contribution in [3.8, 4) is 0 Å². The van der Waals surface area contributed by atoms with Gasteiger partial charge in [-0.25, -0.2) is 4.39 Å². The maximum atomic E-state index is 13.8. The van der Waals surface area contributed by atoms with Crippen LogP contribution in [-0.2, 0) is 11.3 Å². The van der Waals surface area contributed by atoms with Crippen LogP contribution in [0.3, 0.4) is 0 Å². The molecule has 0 saturated carbocycles. The van der Waals surface area contributed by atoms with Crippen LogP contribution in [0.25, 0.3) is 0 Å². The molecule has 2 aliphatic heterocycles. The molecule has 0 aromatic heterocycles. The molecule has 1 amide bonds. The van der Waals surface area contributed by atoms with Crippen molar-refractivity contribution in [2.75, 3.05) is 63.8 Å². The number of hydrogen-bond acceptors (Lipinski definition) is 4. The topological polar surface area (TPSA) is 30.0 Å². The predicted molar refractivity (Wildman–Crippen MR) is 113 cm³/mol. The van der Waals surface area contributed by atoms with E-state index in [1.165, 1.54) is 11.8 Å². The van der Waals surface area contributed by atoms with E-state index in [0.717, 1.165) is 57.9 Å². The van der Waals surface area contributed by atoms with Crippen LogP contribution in [0.1, 0.15) is 5.56 Å². The summed E-state index contributed by atoms with van der Waals surface area (Å²) in [6.07, 6.45) is 0. The smallest absolute Gasteiger partial charge is 0.236 e. The molecule has 5 nitrogen and oxygen atoms in total. The van der Waals surface area contributed by atoms with E-state index in [9.17, 15) is 9.18 Å². The van der Waals surface area contributed by atoms with Crippen molar-refractivity contribution in [3.63, 3.8) is 0 Å². The zero-order valence-electron chi connectivity index (χ0n) is 16.8. The maximum absolute atomic E-state index is 13.8. The minimum atomic E-state index is -0.152. The van der Waals surface area contributed by atoms with Crippen LogP contribution in [0, 0.1) is 5.82 Å². The third-order valence-corrected chi connectivity index (χ3v) is 5.93. The van der Waals surface area contributed by atoms with E-state index in [1.807, 2.05) is 23.1 Å². The van der Waals surface area contributed by atoms with Gasteiger partial charge >= 0.3 is 0 Å². The summed E-state index contributed by atoms with van der Waals surface area (Å²) in [5.74, 6) is 0.0596. The van der Waals surface area contributed by atoms with Crippen molar-refractivity contribution in [1.29, 1.82) is 0 Å². The molecule has 2 aromatic carbocycles. The highest BCUT2D eigenvalue weighted by Gasteiger charge is 2.25. The Morgan fingerprint density at radius 1 is 0.759 bits per heavy atom. The van der Waals surface area contributed by atoms with Gasteiger partial charge in [0.05, 0.1) is 6.54 Å². The first-order chi connectivity index (χ1) is 14.2. The number of nitrogens with zero attached hydrogens (tertiary/aromatic N) is 4. The van der Waals surface area contributed by atoms with Crippen molar-refractivity contribution in [1.82, 2.24) is 14.7 Å². The first-order valence-corrected chi connectivity index (χ1v) is 10.4. The van der Waals surface area contributed by atoms with E-state index in [1.54, 1.807) is 6.07 Å². The molecule has 0 bridgehead atoms. The average Bonchev–Trinajstić information content (AvgIpc) is 2.77. The number of halogens is 1. The van der Waals surface area contributed by atoms with Crippen molar-refractivity contribution in [2.24, 2.45) is 0 Å². The number of carbonyl (C=O) groups is 1. The maximum Gasteiger partial charge on any atom is 0.236 e. The van der Waals surface area contributed by atoms with Gasteiger partial charge in [-0.15, -0.1) is 0 Å². The number of benzene rings is 2. The van der Waals surface area contributed by atoms with Crippen LogP contribution >= 0.6 is 0 Å². The van der Waals surface area contributed by atoms with Crippen LogP contribution in [-0.4, -0.2) is 79.5 Å². The molecule has 2 aliphatic rings. The molecule has 0 radical (unpaired) electrons. The van der Waals surface area contributed by atoms with E-state index >= 15 is 0 Å². The zero-order valence-corrected chi connectivity index (χ0v) is 16.8. The van der Waals surface area contributed by atoms with Gasteiger partial charge in [0.2, 0.25) is 5.91 Å². The zero-order chi connectivity index (χ0) is 20.1. The minimum absolute atomic E-state index is 0.152. The summed E-state index contributed by atoms with van der Waals surface area (Å²) in [7, 11) is 0. The Morgan fingerprint density at radius 2 is 1.38 bits per heavy atom. The molecule has 154 valence electrons. The highest BCUT2D eigenvalue weighted by Crippen LogP contribution is 2.16. The fraction of sp³-hybridized carbons (Fsp3) is 0.435. The molecule has 2 saturated heterocycles. The Morgan fingerprint density at radius 3 is 2.07 bits per heavy atom. The molecule has 6 heteroatoms. The fourth-order valence-corrected chi connectivity index (χ4v) is 4.12. The Balaban J connectivity index is 1.20. The molecule has 0 unspecified atom stereocenters. The summed E-state index contributed by atoms with van der Waals surface area (Å²) in [5, 5.41) is 0.